The molecule has 0 saturated carbocycles. The molecular weight excluding hydrogens is 331 g/mol. The maximum Gasteiger partial charge on any atom is 0.0725 e. The van der Waals surface area contributed by atoms with Gasteiger partial charge in [-0.25, -0.2) is 0 Å². The van der Waals surface area contributed by atoms with Crippen LogP contribution in [0.3, 0.4) is 0 Å². The summed E-state index contributed by atoms with van der Waals surface area (Å²) in [6, 6.07) is 0. The van der Waals surface area contributed by atoms with E-state index in [0.717, 1.165) is 0 Å². The van der Waals surface area contributed by atoms with Crippen molar-refractivity contribution in [2.75, 3.05) is 0 Å². The second kappa shape index (κ2) is 6.11. The third-order valence-electron chi connectivity index (χ3n) is 7.18. The second-order valence-electron chi connectivity index (χ2n) is 11.8. The largest absolute Gasteiger partial charge is 0.138 e. The van der Waals surface area contributed by atoms with Gasteiger partial charge >= 0.3 is 0 Å². The highest BCUT2D eigenvalue weighted by Crippen LogP contribution is 2.75. The first-order valence-corrected chi connectivity index (χ1v) is 21.8. The molecule has 0 radical (unpaired) electrons. The van der Waals surface area contributed by atoms with Gasteiger partial charge in [0.2, 0.25) is 0 Å². The maximum atomic E-state index is 2.74. The Bertz CT molecular complexity index is 328. The van der Waals surface area contributed by atoms with Gasteiger partial charge < -0.3 is 0 Å². The summed E-state index contributed by atoms with van der Waals surface area (Å²) >= 11 is 0. The summed E-state index contributed by atoms with van der Waals surface area (Å²) in [6.45, 7) is 39.4. The van der Waals surface area contributed by atoms with Crippen LogP contribution in [0, 0.1) is 0 Å². The Morgan fingerprint density at radius 1 is 0.409 bits per heavy atom. The zero-order valence-electron chi connectivity index (χ0n) is 18.4. The quantitative estimate of drug-likeness (QED) is 0.342. The summed E-state index contributed by atoms with van der Waals surface area (Å²) < 4.78 is 0. The van der Waals surface area contributed by atoms with Crippen LogP contribution in [0.4, 0.5) is 0 Å². The molecule has 0 atom stereocenters. The van der Waals surface area contributed by atoms with Gasteiger partial charge in [0.25, 0.3) is 0 Å². The van der Waals surface area contributed by atoms with E-state index in [1.54, 1.807) is 0 Å². The molecule has 134 valence electrons. The van der Waals surface area contributed by atoms with Crippen LogP contribution < -0.4 is 0 Å². The summed E-state index contributed by atoms with van der Waals surface area (Å²) in [4.78, 5) is 0. The first-order chi connectivity index (χ1) is 9.12. The lowest BCUT2D eigenvalue weighted by molar-refractivity contribution is 0.725. The van der Waals surface area contributed by atoms with Gasteiger partial charge in [0, 0.05) is 0 Å². The smallest absolute Gasteiger partial charge is 0.0725 e. The molecule has 0 nitrogen and oxygen atoms in total. The van der Waals surface area contributed by atoms with Crippen LogP contribution in [0.1, 0.15) is 62.3 Å². The Balaban J connectivity index is 6.53. The molecule has 0 bridgehead atoms. The van der Waals surface area contributed by atoms with Crippen molar-refractivity contribution in [1.29, 1.82) is 0 Å². The minimum absolute atomic E-state index is 0.162. The highest BCUT2D eigenvalue weighted by Gasteiger charge is 2.60. The van der Waals surface area contributed by atoms with Crippen molar-refractivity contribution in [3.8, 4) is 0 Å². The molecule has 0 aliphatic rings. The van der Waals surface area contributed by atoms with E-state index >= 15 is 0 Å². The lowest BCUT2D eigenvalue weighted by atomic mass is 10.2. The maximum absolute atomic E-state index is 2.74. The van der Waals surface area contributed by atoms with E-state index in [2.05, 4.69) is 102 Å². The van der Waals surface area contributed by atoms with Crippen LogP contribution in [0.2, 0.25) is 54.4 Å². The van der Waals surface area contributed by atoms with Crippen molar-refractivity contribution >= 4 is 29.8 Å². The molecule has 0 heterocycles. The van der Waals surface area contributed by atoms with Crippen molar-refractivity contribution in [2.45, 2.75) is 117 Å². The SMILES string of the molecule is CC(C)(C)[Si](C)(C)P([Si](C)(C)C(C)(C)C)[Si](C)(C)C(C)(C)C. The summed E-state index contributed by atoms with van der Waals surface area (Å²) in [7, 11) is -4.01. The molecule has 0 aromatic carbocycles. The Morgan fingerprint density at radius 3 is 0.636 bits per heavy atom. The Kier molecular flexibility index (Phi) is 6.41. The topological polar surface area (TPSA) is 0 Å². The second-order valence-corrected chi connectivity index (χ2v) is 44.4. The summed E-state index contributed by atoms with van der Waals surface area (Å²) in [5.41, 5.74) is 0. The van der Waals surface area contributed by atoms with Crippen molar-refractivity contribution in [1.82, 2.24) is 0 Å². The zero-order chi connectivity index (χ0) is 18.6. The monoisotopic (exact) mass is 376 g/mol. The van der Waals surface area contributed by atoms with E-state index in [1.165, 1.54) is 0 Å². The molecule has 0 saturated heterocycles. The third-order valence-corrected chi connectivity index (χ3v) is 67.8. The molecule has 0 aromatic rings. The van der Waals surface area contributed by atoms with Crippen LogP contribution >= 0.6 is 6.57 Å². The molecule has 0 aliphatic heterocycles. The van der Waals surface area contributed by atoms with Gasteiger partial charge in [-0.1, -0.05) is 102 Å². The molecular formula is C18H45PSi3. The van der Waals surface area contributed by atoms with Crippen LogP contribution in [0.5, 0.6) is 0 Å². The molecule has 0 spiro atoms. The van der Waals surface area contributed by atoms with Crippen molar-refractivity contribution in [3.05, 3.63) is 0 Å². The summed E-state index contributed by atoms with van der Waals surface area (Å²) in [5, 5.41) is 1.51. The highest BCUT2D eigenvalue weighted by molar-refractivity contribution is 8.37. The first-order valence-electron chi connectivity index (χ1n) is 8.92. The fraction of sp³-hybridized carbons (Fsp3) is 1.00. The predicted molar refractivity (Wildman–Crippen MR) is 119 cm³/mol. The molecule has 0 unspecified atom stereocenters. The zero-order valence-corrected chi connectivity index (χ0v) is 22.3. The minimum Gasteiger partial charge on any atom is -0.138 e. The Labute approximate surface area is 146 Å². The van der Waals surface area contributed by atoms with Gasteiger partial charge in [-0.2, -0.15) is 0 Å². The van der Waals surface area contributed by atoms with Crippen molar-refractivity contribution in [3.63, 3.8) is 0 Å². The Morgan fingerprint density at radius 2 is 0.545 bits per heavy atom. The lowest BCUT2D eigenvalue weighted by Gasteiger charge is -2.62. The van der Waals surface area contributed by atoms with Crippen LogP contribution in [-0.2, 0) is 0 Å². The van der Waals surface area contributed by atoms with Crippen molar-refractivity contribution in [2.24, 2.45) is 0 Å². The number of hydrogen-bond acceptors (Lipinski definition) is 0. The molecule has 0 N–H and O–H groups in total. The first kappa shape index (κ1) is 23.1. The van der Waals surface area contributed by atoms with Gasteiger partial charge in [-0.15, -0.1) is 6.57 Å². The number of hydrogen-bond donors (Lipinski definition) is 0. The van der Waals surface area contributed by atoms with Gasteiger partial charge in [-0.3, -0.25) is 0 Å². The minimum atomic E-state index is -1.34. The van der Waals surface area contributed by atoms with E-state index in [1.807, 2.05) is 0 Å². The molecule has 22 heavy (non-hydrogen) atoms. The Hall–Kier alpha value is 1.08. The molecule has 0 aromatic heterocycles. The standard InChI is InChI=1S/C18H45PSi3/c1-16(2,3)20(10,11)19(21(12,13)17(4,5)6)22(14,15)18(7,8)9/h1-15H3. The number of rotatable bonds is 3. The fourth-order valence-electron chi connectivity index (χ4n) is 3.10. The molecule has 4 heteroatoms. The highest BCUT2D eigenvalue weighted by atomic mass is 31.8. The summed E-state index contributed by atoms with van der Waals surface area (Å²) in [6.07, 6.45) is 0. The summed E-state index contributed by atoms with van der Waals surface area (Å²) in [5.74, 6) is 0. The molecule has 0 rings (SSSR count). The van der Waals surface area contributed by atoms with Crippen molar-refractivity contribution < 1.29 is 0 Å². The van der Waals surface area contributed by atoms with E-state index in [-0.39, 0.29) is 6.57 Å². The van der Waals surface area contributed by atoms with Crippen LogP contribution in [0.25, 0.3) is 0 Å². The molecule has 0 fully saturated rings. The molecule has 0 amide bonds. The normalized spacial score (nSPS) is 16.4. The van der Waals surface area contributed by atoms with E-state index in [0.29, 0.717) is 15.1 Å². The fourth-order valence-corrected chi connectivity index (χ4v) is 83.8. The van der Waals surface area contributed by atoms with E-state index in [9.17, 15) is 0 Å². The average molecular weight is 377 g/mol. The van der Waals surface area contributed by atoms with E-state index in [4.69, 9.17) is 0 Å². The van der Waals surface area contributed by atoms with Gasteiger partial charge in [-0.05, 0) is 15.1 Å². The predicted octanol–water partition coefficient (Wildman–Crippen LogP) is 8.48. The van der Waals surface area contributed by atoms with Gasteiger partial charge in [0.15, 0.2) is 0 Å². The van der Waals surface area contributed by atoms with Crippen LogP contribution in [-0.4, -0.2) is 23.2 Å². The average Bonchev–Trinajstić information content (AvgIpc) is 2.09. The lowest BCUT2D eigenvalue weighted by Crippen LogP contribution is -2.57. The third kappa shape index (κ3) is 4.00. The van der Waals surface area contributed by atoms with Gasteiger partial charge in [0.05, 0.1) is 23.2 Å². The molecule has 0 aliphatic carbocycles. The van der Waals surface area contributed by atoms with E-state index < -0.39 is 23.2 Å². The van der Waals surface area contributed by atoms with Crippen LogP contribution in [0.15, 0.2) is 0 Å². The van der Waals surface area contributed by atoms with Gasteiger partial charge in [0.1, 0.15) is 0 Å².